The van der Waals surface area contributed by atoms with Gasteiger partial charge in [-0.1, -0.05) is 60.7 Å². The highest BCUT2D eigenvalue weighted by Gasteiger charge is 2.23. The lowest BCUT2D eigenvalue weighted by Gasteiger charge is -2.21. The maximum absolute atomic E-state index is 12.9. The second-order valence-electron chi connectivity index (χ2n) is 7.42. The third kappa shape index (κ3) is 4.46. The van der Waals surface area contributed by atoms with Crippen LogP contribution >= 0.6 is 23.2 Å². The van der Waals surface area contributed by atoms with E-state index in [0.29, 0.717) is 15.9 Å². The highest BCUT2D eigenvalue weighted by Crippen LogP contribution is 2.27. The molecule has 0 aliphatic heterocycles. The van der Waals surface area contributed by atoms with Crippen LogP contribution in [0.5, 0.6) is 0 Å². The molecule has 5 nitrogen and oxygen atoms in total. The summed E-state index contributed by atoms with van der Waals surface area (Å²) in [5.41, 5.74) is 2.53. The van der Waals surface area contributed by atoms with E-state index >= 15 is 0 Å². The Bertz CT molecular complexity index is 1040. The largest absolute Gasteiger partial charge is 0.347 e. The Morgan fingerprint density at radius 2 is 1.83 bits per heavy atom. The van der Waals surface area contributed by atoms with Crippen molar-refractivity contribution in [3.63, 3.8) is 0 Å². The van der Waals surface area contributed by atoms with Gasteiger partial charge in [0.25, 0.3) is 5.91 Å². The van der Waals surface area contributed by atoms with Crippen LogP contribution in [0.3, 0.4) is 0 Å². The average Bonchev–Trinajstić information content (AvgIpc) is 3.16. The number of nitrogens with zero attached hydrogens (tertiary/aromatic N) is 3. The molecule has 0 bridgehead atoms. The van der Waals surface area contributed by atoms with Gasteiger partial charge in [0.15, 0.2) is 5.82 Å². The number of hydrogen-bond donors (Lipinski definition) is 1. The van der Waals surface area contributed by atoms with E-state index in [2.05, 4.69) is 15.4 Å². The molecule has 1 aliphatic carbocycles. The van der Waals surface area contributed by atoms with E-state index in [9.17, 15) is 4.79 Å². The Morgan fingerprint density at radius 3 is 2.59 bits per heavy atom. The second-order valence-corrected chi connectivity index (χ2v) is 8.29. The van der Waals surface area contributed by atoms with Gasteiger partial charge in [-0.2, -0.15) is 0 Å². The van der Waals surface area contributed by atoms with Crippen LogP contribution < -0.4 is 5.32 Å². The van der Waals surface area contributed by atoms with Crippen LogP contribution in [0.4, 0.5) is 0 Å². The van der Waals surface area contributed by atoms with Gasteiger partial charge in [-0.3, -0.25) is 4.79 Å². The molecule has 0 saturated heterocycles. The molecule has 2 aromatic carbocycles. The molecule has 1 aromatic heterocycles. The molecule has 1 aliphatic rings. The Hall–Kier alpha value is -2.37. The van der Waals surface area contributed by atoms with Gasteiger partial charge >= 0.3 is 0 Å². The van der Waals surface area contributed by atoms with Crippen molar-refractivity contribution in [2.75, 3.05) is 0 Å². The molecule has 0 unspecified atom stereocenters. The van der Waals surface area contributed by atoms with E-state index in [4.69, 9.17) is 23.2 Å². The topological polar surface area (TPSA) is 59.8 Å². The summed E-state index contributed by atoms with van der Waals surface area (Å²) in [4.78, 5) is 17.4. The van der Waals surface area contributed by atoms with Gasteiger partial charge in [0.1, 0.15) is 0 Å². The zero-order valence-electron chi connectivity index (χ0n) is 16.2. The average molecular weight is 429 g/mol. The first-order chi connectivity index (χ1) is 14.0. The van der Waals surface area contributed by atoms with Crippen LogP contribution in [0.2, 0.25) is 10.0 Å². The van der Waals surface area contributed by atoms with Crippen molar-refractivity contribution < 1.29 is 4.79 Å². The van der Waals surface area contributed by atoms with Crippen molar-refractivity contribution in [2.24, 2.45) is 0 Å². The van der Waals surface area contributed by atoms with Crippen molar-refractivity contribution in [3.05, 3.63) is 63.9 Å². The molecule has 150 valence electrons. The van der Waals surface area contributed by atoms with E-state index in [1.165, 1.54) is 6.42 Å². The number of hydrogen-bond acceptors (Lipinski definition) is 3. The molecular weight excluding hydrogens is 407 g/mol. The number of aryl methyl sites for hydroxylation is 1. The van der Waals surface area contributed by atoms with E-state index in [0.717, 1.165) is 42.5 Å². The lowest BCUT2D eigenvalue weighted by atomic mass is 9.95. The second kappa shape index (κ2) is 8.56. The normalized spacial score (nSPS) is 14.7. The zero-order valence-corrected chi connectivity index (χ0v) is 17.7. The number of rotatable bonds is 4. The van der Waals surface area contributed by atoms with Crippen LogP contribution in [0, 0.1) is 6.92 Å². The fourth-order valence-corrected chi connectivity index (χ4v) is 4.05. The van der Waals surface area contributed by atoms with Gasteiger partial charge < -0.3 is 5.32 Å². The number of halogens is 2. The summed E-state index contributed by atoms with van der Waals surface area (Å²) in [5.74, 6) is 0.440. The van der Waals surface area contributed by atoms with Gasteiger partial charge in [0.05, 0.1) is 5.69 Å². The monoisotopic (exact) mass is 428 g/mol. The number of aromatic nitrogens is 3. The first-order valence-corrected chi connectivity index (χ1v) is 10.6. The number of amides is 1. The summed E-state index contributed by atoms with van der Waals surface area (Å²) in [6.45, 7) is 1.97. The van der Waals surface area contributed by atoms with E-state index in [1.54, 1.807) is 10.7 Å². The Kier molecular flexibility index (Phi) is 5.88. The fourth-order valence-electron chi connectivity index (χ4n) is 3.70. The number of carbonyl (C=O) groups is 1. The highest BCUT2D eigenvalue weighted by atomic mass is 35.5. The summed E-state index contributed by atoms with van der Waals surface area (Å²) in [7, 11) is 0. The maximum Gasteiger partial charge on any atom is 0.291 e. The van der Waals surface area contributed by atoms with Crippen LogP contribution in [-0.2, 0) is 0 Å². The van der Waals surface area contributed by atoms with Gasteiger partial charge in [0.2, 0.25) is 5.82 Å². The molecule has 7 heteroatoms. The number of carbonyl (C=O) groups excluding carboxylic acids is 1. The first-order valence-electron chi connectivity index (χ1n) is 9.81. The standard InChI is InChI=1S/C22H22Cl2N4O/c1-14-10-11-17(24)13-19(14)28-21(15-6-5-7-16(23)12-15)26-20(27-28)22(29)25-18-8-3-2-4-9-18/h5-7,10-13,18H,2-4,8-9H2,1H3,(H,25,29). The first kappa shape index (κ1) is 19.9. The SMILES string of the molecule is Cc1ccc(Cl)cc1-n1nc(C(=O)NC2CCCCC2)nc1-c1cccc(Cl)c1. The van der Waals surface area contributed by atoms with Crippen LogP contribution in [0.25, 0.3) is 17.1 Å². The Morgan fingerprint density at radius 1 is 1.07 bits per heavy atom. The summed E-state index contributed by atoms with van der Waals surface area (Å²) in [6, 6.07) is 13.1. The van der Waals surface area contributed by atoms with Crippen molar-refractivity contribution in [1.82, 2.24) is 20.1 Å². The molecule has 1 fully saturated rings. The minimum atomic E-state index is -0.251. The lowest BCUT2D eigenvalue weighted by Crippen LogP contribution is -2.36. The third-order valence-corrected chi connectivity index (χ3v) is 5.70. The quantitative estimate of drug-likeness (QED) is 0.586. The summed E-state index contributed by atoms with van der Waals surface area (Å²) < 4.78 is 1.67. The van der Waals surface area contributed by atoms with Crippen molar-refractivity contribution in [1.29, 1.82) is 0 Å². The molecule has 29 heavy (non-hydrogen) atoms. The van der Waals surface area contributed by atoms with E-state index in [1.807, 2.05) is 43.3 Å². The summed E-state index contributed by atoms with van der Waals surface area (Å²) in [6.07, 6.45) is 5.51. The molecule has 0 atom stereocenters. The molecule has 4 rings (SSSR count). The molecule has 3 aromatic rings. The van der Waals surface area contributed by atoms with E-state index < -0.39 is 0 Å². The van der Waals surface area contributed by atoms with Gasteiger partial charge in [-0.15, -0.1) is 5.10 Å². The maximum atomic E-state index is 12.9. The Labute approximate surface area is 180 Å². The predicted molar refractivity (Wildman–Crippen MR) is 116 cm³/mol. The van der Waals surface area contributed by atoms with Gasteiger partial charge in [0, 0.05) is 21.7 Å². The molecule has 1 N–H and O–H groups in total. The third-order valence-electron chi connectivity index (χ3n) is 5.23. The minimum Gasteiger partial charge on any atom is -0.347 e. The predicted octanol–water partition coefficient (Wildman–Crippen LogP) is 5.61. The van der Waals surface area contributed by atoms with Gasteiger partial charge in [-0.05, 0) is 49.6 Å². The molecule has 0 spiro atoms. The minimum absolute atomic E-state index is 0.143. The molecule has 0 radical (unpaired) electrons. The zero-order chi connectivity index (χ0) is 20.4. The van der Waals surface area contributed by atoms with E-state index in [-0.39, 0.29) is 17.8 Å². The van der Waals surface area contributed by atoms with Crippen molar-refractivity contribution in [3.8, 4) is 17.1 Å². The van der Waals surface area contributed by atoms with Crippen molar-refractivity contribution in [2.45, 2.75) is 45.1 Å². The highest BCUT2D eigenvalue weighted by molar-refractivity contribution is 6.31. The molecule has 1 amide bonds. The number of nitrogens with one attached hydrogen (secondary N) is 1. The Balaban J connectivity index is 1.76. The van der Waals surface area contributed by atoms with Crippen LogP contribution in [-0.4, -0.2) is 26.7 Å². The van der Waals surface area contributed by atoms with Crippen LogP contribution in [0.15, 0.2) is 42.5 Å². The molecular formula is C22H22Cl2N4O. The smallest absolute Gasteiger partial charge is 0.291 e. The van der Waals surface area contributed by atoms with Gasteiger partial charge in [-0.25, -0.2) is 9.67 Å². The summed E-state index contributed by atoms with van der Waals surface area (Å²) >= 11 is 12.4. The summed E-state index contributed by atoms with van der Waals surface area (Å²) in [5, 5.41) is 8.81. The van der Waals surface area contributed by atoms with Crippen LogP contribution in [0.1, 0.15) is 48.3 Å². The molecule has 1 heterocycles. The fraction of sp³-hybridized carbons (Fsp3) is 0.318. The van der Waals surface area contributed by atoms with Crippen molar-refractivity contribution >= 4 is 29.1 Å². The lowest BCUT2D eigenvalue weighted by molar-refractivity contribution is 0.0917. The number of benzene rings is 2. The molecule has 1 saturated carbocycles.